The molecule has 0 atom stereocenters. The van der Waals surface area contributed by atoms with Gasteiger partial charge in [0.05, 0.1) is 5.39 Å². The predicted molar refractivity (Wildman–Crippen MR) is 111 cm³/mol. The van der Waals surface area contributed by atoms with Gasteiger partial charge in [-0.3, -0.25) is 9.78 Å². The van der Waals surface area contributed by atoms with Gasteiger partial charge in [-0.05, 0) is 48.4 Å². The molecule has 140 valence electrons. The zero-order valence-corrected chi connectivity index (χ0v) is 16.2. The smallest absolute Gasteiger partial charge is 0.251 e. The van der Waals surface area contributed by atoms with E-state index in [-0.39, 0.29) is 5.91 Å². The predicted octanol–water partition coefficient (Wildman–Crippen LogP) is 3.94. The van der Waals surface area contributed by atoms with Crippen LogP contribution < -0.4 is 10.6 Å². The van der Waals surface area contributed by atoms with E-state index < -0.39 is 0 Å². The number of hydrogen-bond donors (Lipinski definition) is 2. The first-order valence-electron chi connectivity index (χ1n) is 8.90. The van der Waals surface area contributed by atoms with Gasteiger partial charge in [-0.15, -0.1) is 11.3 Å². The van der Waals surface area contributed by atoms with Crippen LogP contribution in [0.3, 0.4) is 0 Å². The lowest BCUT2D eigenvalue weighted by Gasteiger charge is -2.08. The molecular formula is C21H19N5OS. The van der Waals surface area contributed by atoms with Crippen LogP contribution in [0, 0.1) is 6.92 Å². The van der Waals surface area contributed by atoms with E-state index in [1.165, 1.54) is 4.88 Å². The summed E-state index contributed by atoms with van der Waals surface area (Å²) in [6, 6.07) is 13.4. The number of aryl methyl sites for hydroxylation is 1. The summed E-state index contributed by atoms with van der Waals surface area (Å²) in [6.45, 7) is 3.17. The average Bonchev–Trinajstić information content (AvgIpc) is 3.12. The van der Waals surface area contributed by atoms with Crippen LogP contribution in [0.1, 0.15) is 26.4 Å². The monoisotopic (exact) mass is 389 g/mol. The number of nitrogens with one attached hydrogen (secondary N) is 2. The van der Waals surface area contributed by atoms with Gasteiger partial charge in [0.1, 0.15) is 17.0 Å². The fourth-order valence-corrected chi connectivity index (χ4v) is 3.71. The molecule has 6 nitrogen and oxygen atoms in total. The van der Waals surface area contributed by atoms with Crippen molar-refractivity contribution in [1.29, 1.82) is 0 Å². The van der Waals surface area contributed by atoms with E-state index in [1.807, 2.05) is 36.4 Å². The normalized spacial score (nSPS) is 10.8. The highest BCUT2D eigenvalue weighted by Crippen LogP contribution is 2.27. The summed E-state index contributed by atoms with van der Waals surface area (Å²) in [6.07, 6.45) is 5.01. The van der Waals surface area contributed by atoms with Crippen LogP contribution >= 0.6 is 11.3 Å². The molecule has 0 saturated carbocycles. The van der Waals surface area contributed by atoms with Gasteiger partial charge in [-0.1, -0.05) is 12.1 Å². The lowest BCUT2D eigenvalue weighted by molar-refractivity contribution is 0.0951. The number of amides is 1. The highest BCUT2D eigenvalue weighted by molar-refractivity contribution is 7.18. The topological polar surface area (TPSA) is 79.8 Å². The van der Waals surface area contributed by atoms with Gasteiger partial charge in [0, 0.05) is 35.9 Å². The van der Waals surface area contributed by atoms with Gasteiger partial charge in [0.2, 0.25) is 0 Å². The van der Waals surface area contributed by atoms with Crippen LogP contribution in [-0.4, -0.2) is 20.9 Å². The van der Waals surface area contributed by atoms with Crippen molar-refractivity contribution in [2.45, 2.75) is 20.0 Å². The fraction of sp³-hybridized carbons (Fsp3) is 0.143. The molecule has 2 N–H and O–H groups in total. The Hall–Kier alpha value is -3.32. The number of rotatable bonds is 6. The van der Waals surface area contributed by atoms with Crippen LogP contribution in [0.25, 0.3) is 10.2 Å². The van der Waals surface area contributed by atoms with Gasteiger partial charge in [0.25, 0.3) is 5.91 Å². The minimum Gasteiger partial charge on any atom is -0.365 e. The van der Waals surface area contributed by atoms with Gasteiger partial charge < -0.3 is 10.6 Å². The number of aromatic nitrogens is 3. The van der Waals surface area contributed by atoms with Crippen LogP contribution in [-0.2, 0) is 13.1 Å². The molecular weight excluding hydrogens is 370 g/mol. The van der Waals surface area contributed by atoms with E-state index in [0.717, 1.165) is 27.2 Å². The Balaban J connectivity index is 1.37. The maximum Gasteiger partial charge on any atom is 0.251 e. The van der Waals surface area contributed by atoms with E-state index in [2.05, 4.69) is 38.6 Å². The third-order valence-corrected chi connectivity index (χ3v) is 5.29. The number of carbonyl (C=O) groups excluding carboxylic acids is 1. The largest absolute Gasteiger partial charge is 0.365 e. The molecule has 28 heavy (non-hydrogen) atoms. The van der Waals surface area contributed by atoms with Crippen molar-refractivity contribution in [3.8, 4) is 0 Å². The van der Waals surface area contributed by atoms with Crippen LogP contribution in [0.15, 0.2) is 61.2 Å². The van der Waals surface area contributed by atoms with Gasteiger partial charge in [-0.2, -0.15) is 0 Å². The van der Waals surface area contributed by atoms with E-state index in [4.69, 9.17) is 0 Å². The zero-order chi connectivity index (χ0) is 19.3. The quantitative estimate of drug-likeness (QED) is 0.522. The molecule has 0 aliphatic carbocycles. The van der Waals surface area contributed by atoms with Crippen molar-refractivity contribution in [3.63, 3.8) is 0 Å². The van der Waals surface area contributed by atoms with Crippen LogP contribution in [0.2, 0.25) is 0 Å². The Bertz CT molecular complexity index is 1090. The third-order valence-electron chi connectivity index (χ3n) is 4.33. The van der Waals surface area contributed by atoms with Crippen molar-refractivity contribution >= 4 is 33.3 Å². The van der Waals surface area contributed by atoms with Gasteiger partial charge in [0.15, 0.2) is 0 Å². The summed E-state index contributed by atoms with van der Waals surface area (Å²) in [7, 11) is 0. The zero-order valence-electron chi connectivity index (χ0n) is 15.3. The number of pyridine rings is 1. The molecule has 0 saturated heterocycles. The minimum absolute atomic E-state index is 0.0948. The second kappa shape index (κ2) is 8.14. The Morgan fingerprint density at radius 2 is 1.75 bits per heavy atom. The molecule has 1 amide bonds. The molecule has 3 heterocycles. The standard InChI is InChI=1S/C21H19N5OS/c1-14-10-18-19(25-13-26-21(18)28-14)23-11-15-2-4-17(5-3-15)20(27)24-12-16-6-8-22-9-7-16/h2-10,13H,11-12H2,1H3,(H,24,27)(H,23,25,26). The molecule has 0 unspecified atom stereocenters. The van der Waals surface area contributed by atoms with Crippen molar-refractivity contribution in [2.75, 3.05) is 5.32 Å². The van der Waals surface area contributed by atoms with Crippen molar-refractivity contribution in [3.05, 3.63) is 82.8 Å². The highest BCUT2D eigenvalue weighted by atomic mass is 32.1. The second-order valence-electron chi connectivity index (χ2n) is 6.39. The molecule has 3 aromatic heterocycles. The SMILES string of the molecule is Cc1cc2c(NCc3ccc(C(=O)NCc4ccncc4)cc3)ncnc2s1. The number of nitrogens with zero attached hydrogens (tertiary/aromatic N) is 3. The lowest BCUT2D eigenvalue weighted by Crippen LogP contribution is -2.22. The molecule has 1 aromatic carbocycles. The van der Waals surface area contributed by atoms with Crippen molar-refractivity contribution in [2.24, 2.45) is 0 Å². The number of carbonyl (C=O) groups is 1. The first kappa shape index (κ1) is 18.1. The summed E-state index contributed by atoms with van der Waals surface area (Å²) in [5.41, 5.74) is 2.73. The summed E-state index contributed by atoms with van der Waals surface area (Å²) in [5.74, 6) is 0.732. The summed E-state index contributed by atoms with van der Waals surface area (Å²) in [4.78, 5) is 27.1. The van der Waals surface area contributed by atoms with Crippen molar-refractivity contribution in [1.82, 2.24) is 20.3 Å². The van der Waals surface area contributed by atoms with Gasteiger partial charge >= 0.3 is 0 Å². The third kappa shape index (κ3) is 4.15. The summed E-state index contributed by atoms with van der Waals surface area (Å²) < 4.78 is 0. The Kier molecular flexibility index (Phi) is 5.25. The molecule has 4 rings (SSSR count). The van der Waals surface area contributed by atoms with Crippen LogP contribution in [0.5, 0.6) is 0 Å². The number of benzene rings is 1. The molecule has 7 heteroatoms. The molecule has 0 radical (unpaired) electrons. The number of thiophene rings is 1. The Morgan fingerprint density at radius 1 is 1.00 bits per heavy atom. The summed E-state index contributed by atoms with van der Waals surface area (Å²) in [5, 5.41) is 7.32. The van der Waals surface area contributed by atoms with Gasteiger partial charge in [-0.25, -0.2) is 9.97 Å². The van der Waals surface area contributed by atoms with E-state index in [9.17, 15) is 4.79 Å². The summed E-state index contributed by atoms with van der Waals surface area (Å²) >= 11 is 1.66. The molecule has 0 spiro atoms. The number of fused-ring (bicyclic) bond motifs is 1. The van der Waals surface area contributed by atoms with Crippen molar-refractivity contribution < 1.29 is 4.79 Å². The maximum atomic E-state index is 12.3. The maximum absolute atomic E-state index is 12.3. The lowest BCUT2D eigenvalue weighted by atomic mass is 10.1. The number of hydrogen-bond acceptors (Lipinski definition) is 6. The molecule has 0 aliphatic rings. The Labute approximate surface area is 166 Å². The minimum atomic E-state index is -0.0948. The Morgan fingerprint density at radius 3 is 2.54 bits per heavy atom. The second-order valence-corrected chi connectivity index (χ2v) is 7.62. The number of anilines is 1. The first-order chi connectivity index (χ1) is 13.7. The highest BCUT2D eigenvalue weighted by Gasteiger charge is 2.08. The molecule has 4 aromatic rings. The molecule has 0 aliphatic heterocycles. The van der Waals surface area contributed by atoms with Crippen LogP contribution in [0.4, 0.5) is 5.82 Å². The fourth-order valence-electron chi connectivity index (χ4n) is 2.86. The molecule has 0 fully saturated rings. The average molecular weight is 389 g/mol. The first-order valence-corrected chi connectivity index (χ1v) is 9.72. The van der Waals surface area contributed by atoms with E-state index in [0.29, 0.717) is 18.7 Å². The molecule has 0 bridgehead atoms. The van der Waals surface area contributed by atoms with E-state index in [1.54, 1.807) is 30.1 Å². The van der Waals surface area contributed by atoms with E-state index >= 15 is 0 Å².